The standard InChI is InChI=1S/C24H15BrO8/c25-16-14-12(17(26)21(30)23(32)19(14)28)11(10-6-5-8-3-1-2-4-9(8)7-10)13-15(16)20(29)24(33)22(31)18(13)27/h1-7,26-33H. The predicted molar refractivity (Wildman–Crippen MR) is 125 cm³/mol. The SMILES string of the molecule is Oc1c(O)c(O)c2c(-c3ccc4ccccc4c3)c3c(O)c(O)c(O)c(O)c3c(Br)c2c1O. The van der Waals surface area contributed by atoms with E-state index in [0.717, 1.165) is 10.8 Å². The number of phenolic OH excluding ortho intramolecular Hbond substituents is 8. The minimum absolute atomic E-state index is 0.0140. The zero-order chi connectivity index (χ0) is 23.8. The molecule has 0 aliphatic heterocycles. The molecule has 0 radical (unpaired) electrons. The number of benzene rings is 5. The Labute approximate surface area is 193 Å². The van der Waals surface area contributed by atoms with E-state index in [9.17, 15) is 40.9 Å². The molecule has 166 valence electrons. The van der Waals surface area contributed by atoms with Crippen LogP contribution in [0.4, 0.5) is 0 Å². The van der Waals surface area contributed by atoms with E-state index in [2.05, 4.69) is 15.9 Å². The molecule has 0 saturated heterocycles. The smallest absolute Gasteiger partial charge is 0.204 e. The molecule has 0 amide bonds. The normalized spacial score (nSPS) is 11.5. The van der Waals surface area contributed by atoms with Gasteiger partial charge < -0.3 is 40.9 Å². The summed E-state index contributed by atoms with van der Waals surface area (Å²) in [6, 6.07) is 12.5. The van der Waals surface area contributed by atoms with Gasteiger partial charge in [0.25, 0.3) is 0 Å². The summed E-state index contributed by atoms with van der Waals surface area (Å²) in [5.41, 5.74) is 0.385. The van der Waals surface area contributed by atoms with Crippen LogP contribution in [0.15, 0.2) is 46.9 Å². The lowest BCUT2D eigenvalue weighted by atomic mass is 9.88. The third-order valence-corrected chi connectivity index (χ3v) is 6.56. The number of phenols is 8. The maximum atomic E-state index is 10.8. The van der Waals surface area contributed by atoms with E-state index in [1.165, 1.54) is 0 Å². The van der Waals surface area contributed by atoms with Gasteiger partial charge in [0.05, 0.1) is 0 Å². The van der Waals surface area contributed by atoms with Gasteiger partial charge in [-0.25, -0.2) is 0 Å². The van der Waals surface area contributed by atoms with Crippen molar-refractivity contribution in [3.63, 3.8) is 0 Å². The molecule has 0 bridgehead atoms. The molecular formula is C24H15BrO8. The highest BCUT2D eigenvalue weighted by Gasteiger charge is 2.30. The van der Waals surface area contributed by atoms with E-state index in [4.69, 9.17) is 0 Å². The third-order valence-electron chi connectivity index (χ3n) is 5.77. The molecule has 0 spiro atoms. The topological polar surface area (TPSA) is 162 Å². The molecule has 0 aromatic heterocycles. The van der Waals surface area contributed by atoms with E-state index >= 15 is 0 Å². The van der Waals surface area contributed by atoms with E-state index in [0.29, 0.717) is 5.56 Å². The van der Waals surface area contributed by atoms with Crippen molar-refractivity contribution in [2.24, 2.45) is 0 Å². The second-order valence-electron chi connectivity index (χ2n) is 7.54. The quantitative estimate of drug-likeness (QED) is 0.0863. The lowest BCUT2D eigenvalue weighted by molar-refractivity contribution is 0.350. The molecule has 5 aromatic carbocycles. The van der Waals surface area contributed by atoms with Crippen molar-refractivity contribution in [3.05, 3.63) is 46.9 Å². The highest BCUT2D eigenvalue weighted by molar-refractivity contribution is 9.10. The number of halogens is 1. The van der Waals surface area contributed by atoms with Gasteiger partial charge in [0.2, 0.25) is 23.0 Å². The highest BCUT2D eigenvalue weighted by atomic mass is 79.9. The summed E-state index contributed by atoms with van der Waals surface area (Å²) in [4.78, 5) is 0. The molecule has 9 heteroatoms. The molecule has 0 atom stereocenters. The number of aromatic hydroxyl groups is 8. The van der Waals surface area contributed by atoms with Crippen LogP contribution in [0.1, 0.15) is 0 Å². The lowest BCUT2D eigenvalue weighted by Crippen LogP contribution is -1.92. The van der Waals surface area contributed by atoms with Crippen molar-refractivity contribution in [2.75, 3.05) is 0 Å². The first-order valence-electron chi connectivity index (χ1n) is 9.54. The van der Waals surface area contributed by atoms with Gasteiger partial charge in [0.1, 0.15) is 0 Å². The van der Waals surface area contributed by atoms with Crippen molar-refractivity contribution in [3.8, 4) is 57.1 Å². The molecule has 8 N–H and O–H groups in total. The maximum Gasteiger partial charge on any atom is 0.204 e. The number of hydrogen-bond acceptors (Lipinski definition) is 8. The molecule has 33 heavy (non-hydrogen) atoms. The Bertz CT molecular complexity index is 1580. The zero-order valence-electron chi connectivity index (χ0n) is 16.5. The van der Waals surface area contributed by atoms with E-state index in [1.807, 2.05) is 24.3 Å². The summed E-state index contributed by atoms with van der Waals surface area (Å²) in [7, 11) is 0. The van der Waals surface area contributed by atoms with Gasteiger partial charge in [-0.1, -0.05) is 36.4 Å². The predicted octanol–water partition coefficient (Wildman–Crippen LogP) is 5.22. The first kappa shape index (κ1) is 20.7. The Hall–Kier alpha value is -4.24. The molecule has 0 aliphatic carbocycles. The van der Waals surface area contributed by atoms with Crippen LogP contribution in [0.25, 0.3) is 43.4 Å². The molecule has 5 rings (SSSR count). The van der Waals surface area contributed by atoms with Gasteiger partial charge in [0, 0.05) is 31.6 Å². The minimum atomic E-state index is -1.00. The van der Waals surface area contributed by atoms with Crippen molar-refractivity contribution >= 4 is 48.2 Å². The first-order chi connectivity index (χ1) is 15.6. The van der Waals surface area contributed by atoms with Crippen LogP contribution in [0.5, 0.6) is 46.0 Å². The van der Waals surface area contributed by atoms with Crippen LogP contribution < -0.4 is 0 Å². The van der Waals surface area contributed by atoms with Gasteiger partial charge in [0.15, 0.2) is 23.0 Å². The fourth-order valence-corrected chi connectivity index (χ4v) is 4.97. The molecule has 0 heterocycles. The zero-order valence-corrected chi connectivity index (χ0v) is 18.1. The van der Waals surface area contributed by atoms with E-state index in [-0.39, 0.29) is 31.6 Å². The van der Waals surface area contributed by atoms with Crippen LogP contribution in [-0.4, -0.2) is 40.9 Å². The Morgan fingerprint density at radius 2 is 0.879 bits per heavy atom. The molecule has 0 saturated carbocycles. The summed E-state index contributed by atoms with van der Waals surface area (Å²) in [5, 5.41) is 84.4. The van der Waals surface area contributed by atoms with Crippen LogP contribution in [0.3, 0.4) is 0 Å². The lowest BCUT2D eigenvalue weighted by Gasteiger charge is -2.20. The Balaban J connectivity index is 2.16. The van der Waals surface area contributed by atoms with Crippen LogP contribution >= 0.6 is 15.9 Å². The number of hydrogen-bond donors (Lipinski definition) is 8. The summed E-state index contributed by atoms with van der Waals surface area (Å²) in [6.07, 6.45) is 0. The minimum Gasteiger partial charge on any atom is -0.504 e. The molecule has 0 aliphatic rings. The van der Waals surface area contributed by atoms with Crippen molar-refractivity contribution < 1.29 is 40.9 Å². The van der Waals surface area contributed by atoms with Crippen LogP contribution in [0, 0.1) is 0 Å². The average Bonchev–Trinajstić information content (AvgIpc) is 2.82. The van der Waals surface area contributed by atoms with Crippen molar-refractivity contribution in [1.82, 2.24) is 0 Å². The second-order valence-corrected chi connectivity index (χ2v) is 8.33. The van der Waals surface area contributed by atoms with E-state index < -0.39 is 46.0 Å². The fraction of sp³-hybridized carbons (Fsp3) is 0. The first-order valence-corrected chi connectivity index (χ1v) is 10.3. The molecular weight excluding hydrogens is 496 g/mol. The van der Waals surface area contributed by atoms with Gasteiger partial charge in [-0.3, -0.25) is 0 Å². The van der Waals surface area contributed by atoms with E-state index in [1.54, 1.807) is 18.2 Å². The molecule has 0 unspecified atom stereocenters. The molecule has 0 fully saturated rings. The molecule has 5 aromatic rings. The largest absolute Gasteiger partial charge is 0.504 e. The average molecular weight is 511 g/mol. The Morgan fingerprint density at radius 3 is 1.36 bits per heavy atom. The summed E-state index contributed by atoms with van der Waals surface area (Å²) in [6.45, 7) is 0. The summed E-state index contributed by atoms with van der Waals surface area (Å²) < 4.78 is -0.122. The Morgan fingerprint density at radius 1 is 0.455 bits per heavy atom. The summed E-state index contributed by atoms with van der Waals surface area (Å²) in [5.74, 6) is -7.26. The van der Waals surface area contributed by atoms with Crippen LogP contribution in [0.2, 0.25) is 0 Å². The van der Waals surface area contributed by atoms with Gasteiger partial charge in [-0.05, 0) is 38.3 Å². The number of rotatable bonds is 1. The third kappa shape index (κ3) is 2.63. The second kappa shape index (κ2) is 6.88. The highest BCUT2D eigenvalue weighted by Crippen LogP contribution is 2.60. The van der Waals surface area contributed by atoms with Crippen LogP contribution in [-0.2, 0) is 0 Å². The molecule has 8 nitrogen and oxygen atoms in total. The fourth-order valence-electron chi connectivity index (χ4n) is 4.19. The number of fused-ring (bicyclic) bond motifs is 3. The monoisotopic (exact) mass is 510 g/mol. The van der Waals surface area contributed by atoms with Crippen molar-refractivity contribution in [1.29, 1.82) is 0 Å². The maximum absolute atomic E-state index is 10.8. The van der Waals surface area contributed by atoms with Crippen molar-refractivity contribution in [2.45, 2.75) is 0 Å². The van der Waals surface area contributed by atoms with Gasteiger partial charge >= 0.3 is 0 Å². The van der Waals surface area contributed by atoms with Gasteiger partial charge in [-0.15, -0.1) is 0 Å². The summed E-state index contributed by atoms with van der Waals surface area (Å²) >= 11 is 3.19. The van der Waals surface area contributed by atoms with Gasteiger partial charge in [-0.2, -0.15) is 0 Å². The Kier molecular flexibility index (Phi) is 4.30.